The number of carbonyl (C=O) groups excluding carboxylic acids is 2. The zero-order valence-electron chi connectivity index (χ0n) is 20.6. The maximum atomic E-state index is 15.2. The Balaban J connectivity index is 1.76. The molecule has 3 heterocycles. The Morgan fingerprint density at radius 1 is 1.22 bits per heavy atom. The van der Waals surface area contributed by atoms with E-state index >= 15 is 8.78 Å². The molecule has 3 aromatic rings. The van der Waals surface area contributed by atoms with E-state index in [4.69, 9.17) is 21.1 Å². The molecule has 0 spiro atoms. The molecule has 0 bridgehead atoms. The maximum absolute atomic E-state index is 15.2. The van der Waals surface area contributed by atoms with Crippen LogP contribution in [0, 0.1) is 17.5 Å². The van der Waals surface area contributed by atoms with Crippen LogP contribution in [0.5, 0.6) is 0 Å². The second-order valence-electron chi connectivity index (χ2n) is 9.50. The van der Waals surface area contributed by atoms with E-state index in [2.05, 4.69) is 9.72 Å². The Bertz CT molecular complexity index is 1370. The second kappa shape index (κ2) is 10.2. The number of methoxy groups -OCH3 is 1. The quantitative estimate of drug-likeness (QED) is 0.341. The van der Waals surface area contributed by atoms with Crippen LogP contribution in [-0.4, -0.2) is 64.9 Å². The normalized spacial score (nSPS) is 16.2. The number of ether oxygens (including phenoxy) is 3. The third kappa shape index (κ3) is 5.52. The van der Waals surface area contributed by atoms with Crippen molar-refractivity contribution in [2.24, 2.45) is 0 Å². The van der Waals surface area contributed by atoms with Gasteiger partial charge in [0.25, 0.3) is 0 Å². The first kappa shape index (κ1) is 26.7. The Morgan fingerprint density at radius 2 is 1.95 bits per heavy atom. The summed E-state index contributed by atoms with van der Waals surface area (Å²) < 4.78 is 62.4. The molecular formula is C25H25ClF3N3O5. The van der Waals surface area contributed by atoms with Crippen LogP contribution in [0.15, 0.2) is 24.4 Å². The van der Waals surface area contributed by atoms with Gasteiger partial charge in [-0.2, -0.15) is 0 Å². The Labute approximate surface area is 215 Å². The van der Waals surface area contributed by atoms with E-state index in [0.29, 0.717) is 23.3 Å². The summed E-state index contributed by atoms with van der Waals surface area (Å²) in [6.07, 6.45) is 0.535. The molecule has 198 valence electrons. The van der Waals surface area contributed by atoms with E-state index < -0.39 is 52.3 Å². The van der Waals surface area contributed by atoms with Crippen molar-refractivity contribution in [3.63, 3.8) is 0 Å². The van der Waals surface area contributed by atoms with Crippen molar-refractivity contribution in [2.75, 3.05) is 26.8 Å². The number of rotatable bonds is 4. The minimum absolute atomic E-state index is 0.0662. The first-order chi connectivity index (χ1) is 17.4. The molecule has 1 aliphatic heterocycles. The summed E-state index contributed by atoms with van der Waals surface area (Å²) in [5, 5.41) is 0.328. The van der Waals surface area contributed by atoms with Crippen molar-refractivity contribution >= 4 is 29.3 Å². The molecule has 0 aliphatic carbocycles. The average Bonchev–Trinajstić information content (AvgIpc) is 3.16. The lowest BCUT2D eigenvalue weighted by Gasteiger charge is -2.34. The highest BCUT2D eigenvalue weighted by Gasteiger charge is 2.32. The lowest BCUT2D eigenvalue weighted by molar-refractivity contribution is -0.0418. The molecule has 0 unspecified atom stereocenters. The molecule has 1 amide bonds. The van der Waals surface area contributed by atoms with E-state index in [0.717, 1.165) is 7.11 Å². The molecule has 2 aromatic heterocycles. The maximum Gasteiger partial charge on any atom is 0.410 e. The van der Waals surface area contributed by atoms with E-state index in [1.165, 1.54) is 11.0 Å². The fraction of sp³-hybridized carbons (Fsp3) is 0.400. The molecule has 1 atom stereocenters. The number of aromatic nitrogens is 2. The monoisotopic (exact) mass is 539 g/mol. The van der Waals surface area contributed by atoms with Gasteiger partial charge in [0.05, 0.1) is 43.3 Å². The van der Waals surface area contributed by atoms with Crippen LogP contribution in [0.4, 0.5) is 18.0 Å². The SMILES string of the molecule is COC(=O)c1cc(F)c(-c2nc3cc(Cl)ccn3c2C[C@H]2CN(C(=O)OC(C)(C)C)CCO2)c(F)c1F. The number of fused-ring (bicyclic) bond motifs is 1. The number of nitrogens with zero attached hydrogens (tertiary/aromatic N) is 3. The Morgan fingerprint density at radius 3 is 2.62 bits per heavy atom. The molecule has 37 heavy (non-hydrogen) atoms. The summed E-state index contributed by atoms with van der Waals surface area (Å²) in [6, 6.07) is 3.62. The molecule has 0 N–H and O–H groups in total. The third-order valence-electron chi connectivity index (χ3n) is 5.70. The second-order valence-corrected chi connectivity index (χ2v) is 9.94. The summed E-state index contributed by atoms with van der Waals surface area (Å²) in [6.45, 7) is 5.94. The highest BCUT2D eigenvalue weighted by atomic mass is 35.5. The van der Waals surface area contributed by atoms with E-state index in [9.17, 15) is 14.0 Å². The number of amides is 1. The van der Waals surface area contributed by atoms with Crippen LogP contribution in [-0.2, 0) is 20.6 Å². The van der Waals surface area contributed by atoms with E-state index in [1.807, 2.05) is 0 Å². The van der Waals surface area contributed by atoms with Gasteiger partial charge in [0.1, 0.15) is 22.6 Å². The molecule has 0 radical (unpaired) electrons. The number of hydrogen-bond donors (Lipinski definition) is 0. The zero-order valence-corrected chi connectivity index (χ0v) is 21.4. The third-order valence-corrected chi connectivity index (χ3v) is 5.93. The molecule has 1 aliphatic rings. The standard InChI is InChI=1S/C25H25ClF3N3O5/c1-25(2,3)37-24(34)31-7-8-36-14(12-31)10-17-22(30-18-9-13(26)5-6-32(17)18)19-16(27)11-15(23(33)35-4)20(28)21(19)29/h5-6,9,11,14H,7-8,10,12H2,1-4H3/t14-/m0/s1. The minimum atomic E-state index is -1.59. The van der Waals surface area contributed by atoms with Crippen LogP contribution >= 0.6 is 11.6 Å². The van der Waals surface area contributed by atoms with Crippen molar-refractivity contribution in [1.29, 1.82) is 0 Å². The number of morpholine rings is 1. The lowest BCUT2D eigenvalue weighted by atomic mass is 10.0. The first-order valence-electron chi connectivity index (χ1n) is 11.4. The molecular weight excluding hydrogens is 515 g/mol. The van der Waals surface area contributed by atoms with Gasteiger partial charge in [0.15, 0.2) is 11.6 Å². The molecule has 4 rings (SSSR count). The summed E-state index contributed by atoms with van der Waals surface area (Å²) in [5.41, 5.74) is -1.95. The van der Waals surface area contributed by atoms with Crippen molar-refractivity contribution in [3.8, 4) is 11.3 Å². The average molecular weight is 540 g/mol. The molecule has 8 nitrogen and oxygen atoms in total. The highest BCUT2D eigenvalue weighted by molar-refractivity contribution is 6.30. The number of hydrogen-bond acceptors (Lipinski definition) is 6. The predicted octanol–water partition coefficient (Wildman–Crippen LogP) is 5.04. The van der Waals surface area contributed by atoms with Gasteiger partial charge in [0, 0.05) is 30.3 Å². The van der Waals surface area contributed by atoms with E-state index in [-0.39, 0.29) is 30.9 Å². The summed E-state index contributed by atoms with van der Waals surface area (Å²) in [4.78, 5) is 30.2. The fourth-order valence-electron chi connectivity index (χ4n) is 4.09. The van der Waals surface area contributed by atoms with Gasteiger partial charge in [0.2, 0.25) is 0 Å². The van der Waals surface area contributed by atoms with Crippen molar-refractivity contribution < 1.29 is 37.0 Å². The Hall–Kier alpha value is -3.31. The Kier molecular flexibility index (Phi) is 7.38. The summed E-state index contributed by atoms with van der Waals surface area (Å²) in [5.74, 6) is -5.57. The number of halogens is 4. The fourth-order valence-corrected chi connectivity index (χ4v) is 4.24. The van der Waals surface area contributed by atoms with Gasteiger partial charge in [-0.1, -0.05) is 11.6 Å². The summed E-state index contributed by atoms with van der Waals surface area (Å²) >= 11 is 6.09. The van der Waals surface area contributed by atoms with Crippen LogP contribution in [0.2, 0.25) is 5.02 Å². The number of carbonyl (C=O) groups is 2. The predicted molar refractivity (Wildman–Crippen MR) is 128 cm³/mol. The van der Waals surface area contributed by atoms with Crippen molar-refractivity contribution in [1.82, 2.24) is 14.3 Å². The minimum Gasteiger partial charge on any atom is -0.465 e. The van der Waals surface area contributed by atoms with Crippen molar-refractivity contribution in [3.05, 3.63) is 58.1 Å². The smallest absolute Gasteiger partial charge is 0.410 e. The molecule has 0 saturated carbocycles. The summed E-state index contributed by atoms with van der Waals surface area (Å²) in [7, 11) is 0.972. The number of imidazole rings is 1. The van der Waals surface area contributed by atoms with Gasteiger partial charge in [-0.15, -0.1) is 0 Å². The lowest BCUT2D eigenvalue weighted by Crippen LogP contribution is -2.48. The number of pyridine rings is 1. The zero-order chi connectivity index (χ0) is 27.1. The van der Waals surface area contributed by atoms with Crippen LogP contribution in [0.25, 0.3) is 16.9 Å². The first-order valence-corrected chi connectivity index (χ1v) is 11.8. The molecule has 1 saturated heterocycles. The van der Waals surface area contributed by atoms with Crippen LogP contribution in [0.3, 0.4) is 0 Å². The number of esters is 1. The van der Waals surface area contributed by atoms with Crippen LogP contribution in [0.1, 0.15) is 36.8 Å². The molecule has 1 fully saturated rings. The van der Waals surface area contributed by atoms with Gasteiger partial charge in [-0.05, 0) is 32.9 Å². The van der Waals surface area contributed by atoms with Gasteiger partial charge >= 0.3 is 12.1 Å². The largest absolute Gasteiger partial charge is 0.465 e. The van der Waals surface area contributed by atoms with Gasteiger partial charge < -0.3 is 23.5 Å². The molecule has 12 heteroatoms. The number of benzene rings is 1. The van der Waals surface area contributed by atoms with Gasteiger partial charge in [-0.3, -0.25) is 0 Å². The van der Waals surface area contributed by atoms with Crippen molar-refractivity contribution in [2.45, 2.75) is 38.9 Å². The topological polar surface area (TPSA) is 82.4 Å². The highest BCUT2D eigenvalue weighted by Crippen LogP contribution is 2.34. The van der Waals surface area contributed by atoms with E-state index in [1.54, 1.807) is 37.4 Å². The van der Waals surface area contributed by atoms with Gasteiger partial charge in [-0.25, -0.2) is 27.7 Å². The van der Waals surface area contributed by atoms with Crippen LogP contribution < -0.4 is 0 Å². The molecule has 1 aromatic carbocycles.